The normalized spacial score (nSPS) is 14.0. The highest BCUT2D eigenvalue weighted by Crippen LogP contribution is 2.19. The zero-order valence-electron chi connectivity index (χ0n) is 17.5. The Morgan fingerprint density at radius 1 is 1.14 bits per heavy atom. The van der Waals surface area contributed by atoms with Gasteiger partial charge in [-0.1, -0.05) is 49.8 Å². The lowest BCUT2D eigenvalue weighted by molar-refractivity contribution is -0.121. The van der Waals surface area contributed by atoms with E-state index < -0.39 is 0 Å². The van der Waals surface area contributed by atoms with E-state index in [1.807, 2.05) is 12.1 Å². The van der Waals surface area contributed by atoms with E-state index in [9.17, 15) is 9.59 Å². The predicted molar refractivity (Wildman–Crippen MR) is 117 cm³/mol. The molecule has 1 aliphatic rings. The summed E-state index contributed by atoms with van der Waals surface area (Å²) in [5, 5.41) is 7.31. The second kappa shape index (κ2) is 10.2. The Balaban J connectivity index is 1.60. The van der Waals surface area contributed by atoms with Crippen molar-refractivity contribution in [1.29, 1.82) is 0 Å². The van der Waals surface area contributed by atoms with Gasteiger partial charge >= 0.3 is 0 Å². The molecule has 1 aromatic carbocycles. The van der Waals surface area contributed by atoms with Gasteiger partial charge in [-0.15, -0.1) is 0 Å². The minimum Gasteiger partial charge on any atom is -0.354 e. The summed E-state index contributed by atoms with van der Waals surface area (Å²) in [6.45, 7) is 4.94. The molecule has 0 atom stereocenters. The third-order valence-electron chi connectivity index (χ3n) is 5.21. The van der Waals surface area contributed by atoms with Gasteiger partial charge in [-0.2, -0.15) is 5.10 Å². The second-order valence-corrected chi connectivity index (χ2v) is 8.22. The zero-order valence-corrected chi connectivity index (χ0v) is 17.5. The lowest BCUT2D eigenvalue weighted by atomic mass is 9.97. The number of benzene rings is 1. The molecular weight excluding hydrogens is 362 g/mol. The molecule has 0 radical (unpaired) electrons. The number of nitrogens with one attached hydrogen (secondary N) is 1. The van der Waals surface area contributed by atoms with E-state index in [0.717, 1.165) is 31.2 Å². The number of rotatable bonds is 8. The second-order valence-electron chi connectivity index (χ2n) is 8.22. The summed E-state index contributed by atoms with van der Waals surface area (Å²) < 4.78 is 1.24. The maximum Gasteiger partial charge on any atom is 0.267 e. The van der Waals surface area contributed by atoms with Crippen LogP contribution < -0.4 is 10.9 Å². The first-order chi connectivity index (χ1) is 14.0. The molecule has 1 N–H and O–H groups in total. The number of aromatic nitrogens is 2. The maximum absolute atomic E-state index is 12.3. The Morgan fingerprint density at radius 3 is 2.62 bits per heavy atom. The largest absolute Gasteiger partial charge is 0.354 e. The number of allylic oxidation sites excluding steroid dienone is 1. The van der Waals surface area contributed by atoms with Crippen molar-refractivity contribution in [2.75, 3.05) is 6.54 Å². The van der Waals surface area contributed by atoms with E-state index in [4.69, 9.17) is 0 Å². The molecule has 1 heterocycles. The zero-order chi connectivity index (χ0) is 20.6. The van der Waals surface area contributed by atoms with E-state index >= 15 is 0 Å². The molecule has 5 heteroatoms. The smallest absolute Gasteiger partial charge is 0.267 e. The molecule has 3 rings (SSSR count). The lowest BCUT2D eigenvalue weighted by Crippen LogP contribution is -2.34. The van der Waals surface area contributed by atoms with Crippen LogP contribution in [0.25, 0.3) is 11.3 Å². The van der Waals surface area contributed by atoms with Gasteiger partial charge in [-0.25, -0.2) is 4.68 Å². The van der Waals surface area contributed by atoms with Crippen molar-refractivity contribution in [3.05, 3.63) is 64.0 Å². The summed E-state index contributed by atoms with van der Waals surface area (Å²) in [5.74, 6) is 0.425. The summed E-state index contributed by atoms with van der Waals surface area (Å²) in [5.41, 5.74) is 4.08. The first-order valence-corrected chi connectivity index (χ1v) is 10.6. The highest BCUT2D eigenvalue weighted by molar-refractivity contribution is 5.75. The average molecular weight is 394 g/mol. The number of carbonyl (C=O) groups excluding carboxylic acids is 1. The molecule has 1 aliphatic carbocycles. The summed E-state index contributed by atoms with van der Waals surface area (Å²) in [6, 6.07) is 11.4. The van der Waals surface area contributed by atoms with Gasteiger partial charge in [0.05, 0.1) is 5.69 Å². The molecule has 5 nitrogen and oxygen atoms in total. The SMILES string of the molecule is CC(C)Cc1ccc(-c2ccc(=O)n(CC(=O)NCCC3=CCCCC3)n2)cc1. The van der Waals surface area contributed by atoms with Crippen LogP contribution >= 0.6 is 0 Å². The fourth-order valence-corrected chi connectivity index (χ4v) is 3.69. The Morgan fingerprint density at radius 2 is 1.93 bits per heavy atom. The molecule has 0 spiro atoms. The Kier molecular flexibility index (Phi) is 7.39. The number of hydrogen-bond donors (Lipinski definition) is 1. The number of nitrogens with zero attached hydrogens (tertiary/aromatic N) is 2. The van der Waals surface area contributed by atoms with Gasteiger partial charge in [0, 0.05) is 18.2 Å². The van der Waals surface area contributed by atoms with Crippen LogP contribution in [0.2, 0.25) is 0 Å². The van der Waals surface area contributed by atoms with Crippen molar-refractivity contribution < 1.29 is 4.79 Å². The minimum atomic E-state index is -0.268. The molecule has 1 aromatic heterocycles. The van der Waals surface area contributed by atoms with E-state index in [0.29, 0.717) is 18.2 Å². The van der Waals surface area contributed by atoms with Crippen LogP contribution in [0.4, 0.5) is 0 Å². The molecule has 0 aliphatic heterocycles. The topological polar surface area (TPSA) is 64.0 Å². The highest BCUT2D eigenvalue weighted by atomic mass is 16.2. The van der Waals surface area contributed by atoms with Crippen LogP contribution in [0, 0.1) is 5.92 Å². The standard InChI is InChI=1S/C24H31N3O2/c1-18(2)16-20-8-10-21(11-9-20)22-12-13-24(29)27(26-22)17-23(28)25-15-14-19-6-4-3-5-7-19/h6,8-13,18H,3-5,7,14-17H2,1-2H3,(H,25,28). The first kappa shape index (κ1) is 21.0. The maximum atomic E-state index is 12.3. The minimum absolute atomic E-state index is 0.0584. The molecule has 2 aromatic rings. The first-order valence-electron chi connectivity index (χ1n) is 10.6. The fourth-order valence-electron chi connectivity index (χ4n) is 3.69. The molecule has 0 unspecified atom stereocenters. The Bertz CT molecular complexity index is 910. The average Bonchev–Trinajstić information content (AvgIpc) is 2.71. The molecule has 1 amide bonds. The van der Waals surface area contributed by atoms with Gasteiger partial charge in [0.15, 0.2) is 0 Å². The van der Waals surface area contributed by atoms with Crippen molar-refractivity contribution in [1.82, 2.24) is 15.1 Å². The van der Waals surface area contributed by atoms with Crippen molar-refractivity contribution in [3.8, 4) is 11.3 Å². The third-order valence-corrected chi connectivity index (χ3v) is 5.21. The van der Waals surface area contributed by atoms with Crippen molar-refractivity contribution in [3.63, 3.8) is 0 Å². The summed E-state index contributed by atoms with van der Waals surface area (Å²) in [7, 11) is 0. The van der Waals surface area contributed by atoms with E-state index in [-0.39, 0.29) is 18.0 Å². The Hall–Kier alpha value is -2.69. The van der Waals surface area contributed by atoms with E-state index in [1.165, 1.54) is 34.7 Å². The lowest BCUT2D eigenvalue weighted by Gasteiger charge is -2.13. The monoisotopic (exact) mass is 393 g/mol. The van der Waals surface area contributed by atoms with Crippen LogP contribution in [-0.2, 0) is 17.8 Å². The van der Waals surface area contributed by atoms with Crippen molar-refractivity contribution >= 4 is 5.91 Å². The van der Waals surface area contributed by atoms with Crippen LogP contribution in [-0.4, -0.2) is 22.2 Å². The molecule has 0 saturated heterocycles. The molecule has 0 fully saturated rings. The van der Waals surface area contributed by atoms with E-state index in [2.05, 4.69) is 42.5 Å². The van der Waals surface area contributed by atoms with Crippen LogP contribution in [0.5, 0.6) is 0 Å². The van der Waals surface area contributed by atoms with Crippen LogP contribution in [0.15, 0.2) is 52.8 Å². The Labute approximate surface area is 172 Å². The third kappa shape index (κ3) is 6.41. The predicted octanol–water partition coefficient (Wildman–Crippen LogP) is 4.12. The van der Waals surface area contributed by atoms with Crippen molar-refractivity contribution in [2.24, 2.45) is 5.92 Å². The number of amides is 1. The van der Waals surface area contributed by atoms with Gasteiger partial charge in [0.25, 0.3) is 5.56 Å². The molecular formula is C24H31N3O2. The van der Waals surface area contributed by atoms with Gasteiger partial charge in [0.2, 0.25) is 5.91 Å². The van der Waals surface area contributed by atoms with Gasteiger partial charge in [0.1, 0.15) is 6.54 Å². The van der Waals surface area contributed by atoms with Gasteiger partial charge < -0.3 is 5.32 Å². The molecule has 29 heavy (non-hydrogen) atoms. The molecule has 154 valence electrons. The highest BCUT2D eigenvalue weighted by Gasteiger charge is 2.09. The van der Waals surface area contributed by atoms with E-state index in [1.54, 1.807) is 6.07 Å². The number of hydrogen-bond acceptors (Lipinski definition) is 3. The van der Waals surface area contributed by atoms with Crippen molar-refractivity contribution in [2.45, 2.75) is 58.9 Å². The van der Waals surface area contributed by atoms with Gasteiger partial charge in [-0.05, 0) is 56.1 Å². The van der Waals surface area contributed by atoms with Gasteiger partial charge in [-0.3, -0.25) is 9.59 Å². The molecule has 0 bridgehead atoms. The quantitative estimate of drug-likeness (QED) is 0.686. The number of carbonyl (C=O) groups is 1. The van der Waals surface area contributed by atoms with Crippen LogP contribution in [0.1, 0.15) is 51.5 Å². The molecule has 0 saturated carbocycles. The summed E-state index contributed by atoms with van der Waals surface area (Å²) >= 11 is 0. The summed E-state index contributed by atoms with van der Waals surface area (Å²) in [4.78, 5) is 24.4. The summed E-state index contributed by atoms with van der Waals surface area (Å²) in [6.07, 6.45) is 8.99. The fraction of sp³-hybridized carbons (Fsp3) is 0.458. The van der Waals surface area contributed by atoms with Crippen LogP contribution in [0.3, 0.4) is 0 Å².